The summed E-state index contributed by atoms with van der Waals surface area (Å²) in [6.45, 7) is 0. The van der Waals surface area contributed by atoms with Gasteiger partial charge in [-0.25, -0.2) is 9.37 Å². The van der Waals surface area contributed by atoms with Crippen LogP contribution in [0.25, 0.3) is 11.3 Å². The van der Waals surface area contributed by atoms with E-state index in [1.807, 2.05) is 30.3 Å². The molecule has 0 bridgehead atoms. The summed E-state index contributed by atoms with van der Waals surface area (Å²) in [4.78, 5) is 18.0. The Labute approximate surface area is 139 Å². The average molecular weight is 324 g/mol. The zero-order chi connectivity index (χ0) is 16.9. The lowest BCUT2D eigenvalue weighted by atomic mass is 10.2. The van der Waals surface area contributed by atoms with Crippen molar-refractivity contribution in [3.63, 3.8) is 0 Å². The molecule has 0 saturated carbocycles. The first kappa shape index (κ1) is 15.9. The highest BCUT2D eigenvalue weighted by atomic mass is 19.1. The summed E-state index contributed by atoms with van der Waals surface area (Å²) in [5.74, 6) is 0.391. The SMILES string of the molecule is CN(C(=O)CCc1ncc(-c2ccccc2F)o1)c1ccccc1. The number of carbonyl (C=O) groups is 1. The Bertz CT molecular complexity index is 830. The van der Waals surface area contributed by atoms with Gasteiger partial charge in [-0.2, -0.15) is 0 Å². The van der Waals surface area contributed by atoms with Gasteiger partial charge in [0.2, 0.25) is 5.91 Å². The number of rotatable bonds is 5. The van der Waals surface area contributed by atoms with Gasteiger partial charge in [0.25, 0.3) is 0 Å². The van der Waals surface area contributed by atoms with Gasteiger partial charge >= 0.3 is 0 Å². The number of nitrogens with zero attached hydrogens (tertiary/aromatic N) is 2. The second kappa shape index (κ2) is 7.08. The number of halogens is 1. The van der Waals surface area contributed by atoms with E-state index in [0.29, 0.717) is 23.6 Å². The maximum Gasteiger partial charge on any atom is 0.227 e. The van der Waals surface area contributed by atoms with E-state index >= 15 is 0 Å². The second-order valence-corrected chi connectivity index (χ2v) is 5.39. The van der Waals surface area contributed by atoms with Gasteiger partial charge < -0.3 is 9.32 Å². The lowest BCUT2D eigenvalue weighted by Gasteiger charge is -2.16. The molecule has 0 aliphatic carbocycles. The predicted molar refractivity (Wildman–Crippen MR) is 90.1 cm³/mol. The standard InChI is InChI=1S/C19H17FN2O2/c1-22(14-7-3-2-4-8-14)19(23)12-11-18-21-13-17(24-18)15-9-5-6-10-16(15)20/h2-10,13H,11-12H2,1H3. The number of anilines is 1. The van der Waals surface area contributed by atoms with E-state index in [9.17, 15) is 9.18 Å². The van der Waals surface area contributed by atoms with E-state index in [4.69, 9.17) is 4.42 Å². The van der Waals surface area contributed by atoms with Crippen molar-refractivity contribution >= 4 is 11.6 Å². The van der Waals surface area contributed by atoms with Crippen molar-refractivity contribution in [3.8, 4) is 11.3 Å². The molecule has 0 unspecified atom stereocenters. The van der Waals surface area contributed by atoms with Crippen molar-refractivity contribution in [1.82, 2.24) is 4.98 Å². The van der Waals surface area contributed by atoms with Crippen molar-refractivity contribution in [2.24, 2.45) is 0 Å². The van der Waals surface area contributed by atoms with E-state index in [0.717, 1.165) is 5.69 Å². The summed E-state index contributed by atoms with van der Waals surface area (Å²) in [5.41, 5.74) is 1.20. The minimum atomic E-state index is -0.361. The van der Waals surface area contributed by atoms with E-state index in [-0.39, 0.29) is 18.1 Å². The topological polar surface area (TPSA) is 46.3 Å². The molecule has 0 aliphatic heterocycles. The first-order valence-electron chi connectivity index (χ1n) is 7.66. The zero-order valence-corrected chi connectivity index (χ0v) is 13.3. The molecule has 0 saturated heterocycles. The summed E-state index contributed by atoms with van der Waals surface area (Å²) in [5, 5.41) is 0. The fourth-order valence-corrected chi connectivity index (χ4v) is 2.39. The van der Waals surface area contributed by atoms with Crippen molar-refractivity contribution in [2.75, 3.05) is 11.9 Å². The molecule has 0 spiro atoms. The average Bonchev–Trinajstić information content (AvgIpc) is 3.09. The minimum Gasteiger partial charge on any atom is -0.441 e. The first-order chi connectivity index (χ1) is 11.6. The van der Waals surface area contributed by atoms with Crippen LogP contribution in [0.3, 0.4) is 0 Å². The molecule has 1 aromatic heterocycles. The number of hydrogen-bond acceptors (Lipinski definition) is 3. The van der Waals surface area contributed by atoms with Gasteiger partial charge in [0.1, 0.15) is 5.82 Å². The summed E-state index contributed by atoms with van der Waals surface area (Å²) in [6.07, 6.45) is 2.12. The Morgan fingerprint density at radius 1 is 1.12 bits per heavy atom. The van der Waals surface area contributed by atoms with Crippen LogP contribution in [0.4, 0.5) is 10.1 Å². The number of amides is 1. The molecular weight excluding hydrogens is 307 g/mol. The molecule has 1 amide bonds. The molecule has 0 atom stereocenters. The number of carbonyl (C=O) groups excluding carboxylic acids is 1. The highest BCUT2D eigenvalue weighted by Gasteiger charge is 2.14. The number of aromatic nitrogens is 1. The van der Waals surface area contributed by atoms with E-state index < -0.39 is 0 Å². The van der Waals surface area contributed by atoms with Crippen LogP contribution in [-0.4, -0.2) is 17.9 Å². The fraction of sp³-hybridized carbons (Fsp3) is 0.158. The van der Waals surface area contributed by atoms with Crippen molar-refractivity contribution in [1.29, 1.82) is 0 Å². The fourth-order valence-electron chi connectivity index (χ4n) is 2.39. The summed E-state index contributed by atoms with van der Waals surface area (Å²) in [6, 6.07) is 15.8. The largest absolute Gasteiger partial charge is 0.441 e. The van der Waals surface area contributed by atoms with Crippen molar-refractivity contribution in [3.05, 3.63) is 72.5 Å². The molecule has 2 aromatic carbocycles. The number of oxazole rings is 1. The number of benzene rings is 2. The van der Waals surface area contributed by atoms with Gasteiger partial charge in [0.05, 0.1) is 11.8 Å². The lowest BCUT2D eigenvalue weighted by molar-refractivity contribution is -0.118. The maximum atomic E-state index is 13.7. The number of aryl methyl sites for hydroxylation is 1. The van der Waals surface area contributed by atoms with Crippen LogP contribution in [0.5, 0.6) is 0 Å². The molecule has 5 heteroatoms. The molecule has 0 N–H and O–H groups in total. The molecular formula is C19H17FN2O2. The monoisotopic (exact) mass is 324 g/mol. The first-order valence-corrected chi connectivity index (χ1v) is 7.66. The third-order valence-corrected chi connectivity index (χ3v) is 3.76. The van der Waals surface area contributed by atoms with Crippen LogP contribution in [-0.2, 0) is 11.2 Å². The molecule has 0 aliphatic rings. The van der Waals surface area contributed by atoms with Crippen LogP contribution in [0.2, 0.25) is 0 Å². The summed E-state index contributed by atoms with van der Waals surface area (Å²) < 4.78 is 19.3. The third kappa shape index (κ3) is 3.51. The summed E-state index contributed by atoms with van der Waals surface area (Å²) in [7, 11) is 1.73. The van der Waals surface area contributed by atoms with Crippen molar-refractivity contribution < 1.29 is 13.6 Å². The zero-order valence-electron chi connectivity index (χ0n) is 13.3. The van der Waals surface area contributed by atoms with Crippen LogP contribution in [0.1, 0.15) is 12.3 Å². The number of para-hydroxylation sites is 1. The molecule has 24 heavy (non-hydrogen) atoms. The van der Waals surface area contributed by atoms with Crippen LogP contribution < -0.4 is 4.90 Å². The second-order valence-electron chi connectivity index (χ2n) is 5.39. The summed E-state index contributed by atoms with van der Waals surface area (Å²) >= 11 is 0. The molecule has 122 valence electrons. The Balaban J connectivity index is 1.64. The molecule has 3 aromatic rings. The predicted octanol–water partition coefficient (Wildman–Crippen LogP) is 4.08. The van der Waals surface area contributed by atoms with Gasteiger partial charge in [-0.3, -0.25) is 4.79 Å². The van der Waals surface area contributed by atoms with E-state index in [2.05, 4.69) is 4.98 Å². The quantitative estimate of drug-likeness (QED) is 0.710. The lowest BCUT2D eigenvalue weighted by Crippen LogP contribution is -2.26. The Kier molecular flexibility index (Phi) is 4.70. The van der Waals surface area contributed by atoms with Crippen molar-refractivity contribution in [2.45, 2.75) is 12.8 Å². The molecule has 4 nitrogen and oxygen atoms in total. The highest BCUT2D eigenvalue weighted by Crippen LogP contribution is 2.23. The normalized spacial score (nSPS) is 10.6. The van der Waals surface area contributed by atoms with Gasteiger partial charge in [0.15, 0.2) is 11.7 Å². The Morgan fingerprint density at radius 3 is 2.58 bits per heavy atom. The van der Waals surface area contributed by atoms with E-state index in [1.54, 1.807) is 30.1 Å². The smallest absolute Gasteiger partial charge is 0.227 e. The van der Waals surface area contributed by atoms with Crippen LogP contribution in [0, 0.1) is 5.82 Å². The Hall–Kier alpha value is -2.95. The maximum absolute atomic E-state index is 13.7. The van der Waals surface area contributed by atoms with Crippen LogP contribution in [0.15, 0.2) is 65.2 Å². The van der Waals surface area contributed by atoms with Crippen LogP contribution >= 0.6 is 0 Å². The Morgan fingerprint density at radius 2 is 1.83 bits per heavy atom. The third-order valence-electron chi connectivity index (χ3n) is 3.76. The van der Waals surface area contributed by atoms with E-state index in [1.165, 1.54) is 12.3 Å². The molecule has 0 radical (unpaired) electrons. The molecule has 3 rings (SSSR count). The molecule has 1 heterocycles. The van der Waals surface area contributed by atoms with Gasteiger partial charge in [-0.05, 0) is 24.3 Å². The molecule has 0 fully saturated rings. The van der Waals surface area contributed by atoms with Gasteiger partial charge in [-0.1, -0.05) is 30.3 Å². The highest BCUT2D eigenvalue weighted by molar-refractivity contribution is 5.92. The van der Waals surface area contributed by atoms with Gasteiger partial charge in [0, 0.05) is 25.6 Å². The minimum absolute atomic E-state index is 0.0353. The van der Waals surface area contributed by atoms with Gasteiger partial charge in [-0.15, -0.1) is 0 Å². The number of hydrogen-bond donors (Lipinski definition) is 0.